The van der Waals surface area contributed by atoms with E-state index < -0.39 is 44.3 Å². The summed E-state index contributed by atoms with van der Waals surface area (Å²) >= 11 is 0. The van der Waals surface area contributed by atoms with Gasteiger partial charge in [0, 0.05) is 48.2 Å². The number of carbonyl (C=O) groups is 2. The molecule has 3 rings (SSSR count). The van der Waals surface area contributed by atoms with E-state index in [1.165, 1.54) is 24.3 Å². The molecule has 0 spiro atoms. The van der Waals surface area contributed by atoms with Gasteiger partial charge in [-0.2, -0.15) is 0 Å². The molecule has 0 bridgehead atoms. The molecule has 0 radical (unpaired) electrons. The Kier molecular flexibility index (Phi) is 11.0. The van der Waals surface area contributed by atoms with Crippen molar-refractivity contribution in [1.29, 1.82) is 0 Å². The molecule has 0 saturated heterocycles. The van der Waals surface area contributed by atoms with E-state index in [0.717, 1.165) is 0 Å². The number of carboxylic acids is 2. The van der Waals surface area contributed by atoms with Gasteiger partial charge >= 0.3 is 11.9 Å². The molecule has 2 atom stereocenters. The second-order valence-corrected chi connectivity index (χ2v) is 14.9. The predicted octanol–water partition coefficient (Wildman–Crippen LogP) is 6.84. The summed E-state index contributed by atoms with van der Waals surface area (Å²) in [4.78, 5) is 49.5. The maximum absolute atomic E-state index is 13.6. The molecule has 8 nitrogen and oxygen atoms in total. The van der Waals surface area contributed by atoms with E-state index in [9.17, 15) is 38.5 Å². The van der Waals surface area contributed by atoms with Crippen LogP contribution in [0.25, 0.3) is 20.9 Å². The van der Waals surface area contributed by atoms with Crippen molar-refractivity contribution in [2.45, 2.75) is 79.1 Å². The van der Waals surface area contributed by atoms with Crippen LogP contribution in [0.3, 0.4) is 0 Å². The largest absolute Gasteiger partial charge is 0.590 e. The van der Waals surface area contributed by atoms with Gasteiger partial charge in [0.15, 0.2) is 30.4 Å². The Bertz CT molecular complexity index is 1450. The fourth-order valence-corrected chi connectivity index (χ4v) is 7.57. The van der Waals surface area contributed by atoms with Crippen molar-refractivity contribution in [2.75, 3.05) is 0 Å². The lowest BCUT2D eigenvalue weighted by molar-refractivity contribution is -0.148. The SMILES string of the molecule is CC(C)(CCCCc1cc(=O)cc(-c2ccccc2-c2cc(=O)cc(CCCCC(C)(C)C(=O)O)[s+]2[O-])[s+]1[O-])C(=O)O. The third kappa shape index (κ3) is 8.22. The molecule has 42 heavy (non-hydrogen) atoms. The van der Waals surface area contributed by atoms with Gasteiger partial charge in [-0.3, -0.25) is 19.2 Å². The molecule has 3 aromatic rings. The summed E-state index contributed by atoms with van der Waals surface area (Å²) in [5, 5.41) is 18.7. The van der Waals surface area contributed by atoms with Crippen LogP contribution in [0.1, 0.15) is 76.0 Å². The van der Waals surface area contributed by atoms with Crippen LogP contribution in [0.5, 0.6) is 0 Å². The van der Waals surface area contributed by atoms with Gasteiger partial charge in [-0.25, -0.2) is 0 Å². The Hall–Kier alpha value is -3.18. The third-order valence-corrected chi connectivity index (χ3v) is 10.7. The lowest BCUT2D eigenvalue weighted by Crippen LogP contribution is -2.23. The summed E-state index contributed by atoms with van der Waals surface area (Å²) in [6.45, 7) is 6.63. The minimum absolute atomic E-state index is 0.274. The normalized spacial score (nSPS) is 12.8. The Labute approximate surface area is 251 Å². The smallest absolute Gasteiger partial charge is 0.309 e. The van der Waals surface area contributed by atoms with Gasteiger partial charge in [-0.05, 0) is 87.0 Å². The van der Waals surface area contributed by atoms with E-state index in [2.05, 4.69) is 0 Å². The summed E-state index contributed by atoms with van der Waals surface area (Å²) < 4.78 is 27.3. The zero-order chi connectivity index (χ0) is 31.2. The highest BCUT2D eigenvalue weighted by Gasteiger charge is 2.28. The highest BCUT2D eigenvalue weighted by atomic mass is 32.2. The maximum atomic E-state index is 13.6. The highest BCUT2D eigenvalue weighted by Crippen LogP contribution is 2.43. The first kappa shape index (κ1) is 33.3. The fraction of sp³-hybridized carbons (Fsp3) is 0.438. The Morgan fingerprint density at radius 3 is 1.36 bits per heavy atom. The summed E-state index contributed by atoms with van der Waals surface area (Å²) in [6, 6.07) is 12.2. The molecular formula is C32H38O8S2. The average molecular weight is 615 g/mol. The predicted molar refractivity (Wildman–Crippen MR) is 165 cm³/mol. The monoisotopic (exact) mass is 614 g/mol. The lowest BCUT2D eigenvalue weighted by atomic mass is 9.87. The molecule has 2 unspecified atom stereocenters. The standard InChI is InChI=1S/C32H38O8S2/c1-31(2,29(35)36)15-9-7-11-23-17-21(33)19-27(41(23)39)25-13-5-6-14-26(25)28-20-22(34)18-24(42(28)40)12-8-10-16-32(3,4)30(37)38/h5-6,13-14,17-20H,7-12,15-16H2,1-4H3,(H,35,36)(H,37,38). The number of rotatable bonds is 14. The quantitative estimate of drug-likeness (QED) is 0.148. The van der Waals surface area contributed by atoms with Crippen LogP contribution < -0.4 is 10.9 Å². The van der Waals surface area contributed by atoms with Crippen molar-refractivity contribution in [1.82, 2.24) is 0 Å². The second kappa shape index (κ2) is 13.9. The number of unbranched alkanes of at least 4 members (excludes halogenated alkanes) is 2. The van der Waals surface area contributed by atoms with E-state index in [1.807, 2.05) is 0 Å². The van der Waals surface area contributed by atoms with Crippen LogP contribution in [-0.4, -0.2) is 31.3 Å². The van der Waals surface area contributed by atoms with E-state index in [-0.39, 0.29) is 20.6 Å². The van der Waals surface area contributed by atoms with Gasteiger partial charge in [-0.1, -0.05) is 25.0 Å². The third-order valence-electron chi connectivity index (χ3n) is 7.59. The van der Waals surface area contributed by atoms with Crippen LogP contribution in [0.15, 0.2) is 58.1 Å². The molecule has 2 aromatic heterocycles. The Morgan fingerprint density at radius 1 is 0.667 bits per heavy atom. The van der Waals surface area contributed by atoms with Crippen molar-refractivity contribution in [3.05, 3.63) is 78.7 Å². The van der Waals surface area contributed by atoms with E-state index in [1.54, 1.807) is 52.0 Å². The van der Waals surface area contributed by atoms with Gasteiger partial charge in [0.25, 0.3) is 0 Å². The van der Waals surface area contributed by atoms with Crippen molar-refractivity contribution >= 4 is 33.4 Å². The first-order valence-corrected chi connectivity index (χ1v) is 16.3. The zero-order valence-corrected chi connectivity index (χ0v) is 26.1. The zero-order valence-electron chi connectivity index (χ0n) is 24.4. The first-order valence-electron chi connectivity index (χ1n) is 14.0. The molecule has 1 aromatic carbocycles. The minimum atomic E-state index is -1.67. The molecule has 0 aliphatic heterocycles. The molecule has 10 heteroatoms. The Balaban J connectivity index is 1.90. The molecule has 0 amide bonds. The first-order chi connectivity index (χ1) is 19.6. The number of benzene rings is 1. The highest BCUT2D eigenvalue weighted by molar-refractivity contribution is 7.29. The van der Waals surface area contributed by atoms with Crippen LogP contribution in [0, 0.1) is 10.8 Å². The van der Waals surface area contributed by atoms with Crippen LogP contribution >= 0.6 is 21.5 Å². The van der Waals surface area contributed by atoms with Crippen molar-refractivity contribution < 1.29 is 28.9 Å². The average Bonchev–Trinajstić information content (AvgIpc) is 2.92. The van der Waals surface area contributed by atoms with Gasteiger partial charge < -0.3 is 19.3 Å². The van der Waals surface area contributed by atoms with E-state index in [0.29, 0.717) is 72.2 Å². The maximum Gasteiger partial charge on any atom is 0.309 e. The second-order valence-electron chi connectivity index (χ2n) is 11.9. The van der Waals surface area contributed by atoms with Gasteiger partial charge in [0.1, 0.15) is 0 Å². The molecule has 0 aliphatic carbocycles. The van der Waals surface area contributed by atoms with Gasteiger partial charge in [-0.15, -0.1) is 0 Å². The molecule has 226 valence electrons. The summed E-state index contributed by atoms with van der Waals surface area (Å²) in [7, 11) is -3.34. The van der Waals surface area contributed by atoms with Gasteiger partial charge in [0.2, 0.25) is 0 Å². The number of hydrogen-bond donors (Lipinski definition) is 2. The molecule has 0 saturated carbocycles. The number of carboxylic acid groups (broad SMARTS) is 2. The summed E-state index contributed by atoms with van der Waals surface area (Å²) in [5.74, 6) is -1.76. The topological polar surface area (TPSA) is 155 Å². The van der Waals surface area contributed by atoms with Crippen LogP contribution in [-0.2, 0) is 22.4 Å². The van der Waals surface area contributed by atoms with E-state index in [4.69, 9.17) is 0 Å². The number of aliphatic carboxylic acids is 2. The van der Waals surface area contributed by atoms with Crippen molar-refractivity contribution in [3.63, 3.8) is 0 Å². The van der Waals surface area contributed by atoms with Crippen molar-refractivity contribution in [2.24, 2.45) is 10.8 Å². The molecule has 2 N–H and O–H groups in total. The van der Waals surface area contributed by atoms with E-state index >= 15 is 0 Å². The fourth-order valence-electron chi connectivity index (χ4n) is 4.70. The molecule has 0 aliphatic rings. The number of hydrogen-bond acceptors (Lipinski definition) is 6. The number of aryl methyl sites for hydroxylation is 2. The van der Waals surface area contributed by atoms with Gasteiger partial charge in [0.05, 0.1) is 10.8 Å². The van der Waals surface area contributed by atoms with Crippen LogP contribution in [0.2, 0.25) is 0 Å². The van der Waals surface area contributed by atoms with Crippen molar-refractivity contribution in [3.8, 4) is 20.9 Å². The minimum Gasteiger partial charge on any atom is -0.590 e. The molecule has 0 fully saturated rings. The van der Waals surface area contributed by atoms with Crippen LogP contribution in [0.4, 0.5) is 0 Å². The molecular weight excluding hydrogens is 576 g/mol. The summed E-state index contributed by atoms with van der Waals surface area (Å²) in [5.41, 5.74) is -1.47. The Morgan fingerprint density at radius 2 is 1.02 bits per heavy atom. The molecule has 2 heterocycles. The lowest BCUT2D eigenvalue weighted by Gasteiger charge is -2.18. The summed E-state index contributed by atoms with van der Waals surface area (Å²) in [6.07, 6.45) is 3.95.